The van der Waals surface area contributed by atoms with Gasteiger partial charge < -0.3 is 14.8 Å². The number of imide groups is 1. The SMILES string of the molecule is COCCCN1C(=O)c2ccc(C(=O)OCC(=O)Nc3cccc(C)c3)cc2C1=O. The Morgan fingerprint density at radius 2 is 1.80 bits per heavy atom. The highest BCUT2D eigenvalue weighted by molar-refractivity contribution is 6.22. The molecular weight excluding hydrogens is 388 g/mol. The Hall–Kier alpha value is -3.52. The molecule has 0 bridgehead atoms. The van der Waals surface area contributed by atoms with Gasteiger partial charge in [-0.05, 0) is 49.2 Å². The molecule has 156 valence electrons. The average Bonchev–Trinajstić information content (AvgIpc) is 2.96. The number of ether oxygens (including phenoxy) is 2. The number of fused-ring (bicyclic) bond motifs is 1. The van der Waals surface area contributed by atoms with E-state index in [0.29, 0.717) is 18.7 Å². The van der Waals surface area contributed by atoms with Gasteiger partial charge in [0.1, 0.15) is 0 Å². The Labute approximate surface area is 173 Å². The van der Waals surface area contributed by atoms with E-state index in [1.807, 2.05) is 13.0 Å². The van der Waals surface area contributed by atoms with Crippen LogP contribution >= 0.6 is 0 Å². The number of hydrogen-bond acceptors (Lipinski definition) is 6. The monoisotopic (exact) mass is 410 g/mol. The number of aryl methyl sites for hydroxylation is 1. The van der Waals surface area contributed by atoms with E-state index in [4.69, 9.17) is 9.47 Å². The third-order valence-electron chi connectivity index (χ3n) is 4.57. The van der Waals surface area contributed by atoms with Crippen molar-refractivity contribution in [2.24, 2.45) is 0 Å². The predicted octanol–water partition coefficient (Wildman–Crippen LogP) is 2.42. The van der Waals surface area contributed by atoms with E-state index < -0.39 is 30.3 Å². The second-order valence-electron chi connectivity index (χ2n) is 6.86. The zero-order valence-corrected chi connectivity index (χ0v) is 16.8. The quantitative estimate of drug-likeness (QED) is 0.407. The van der Waals surface area contributed by atoms with Gasteiger partial charge in [0.25, 0.3) is 17.7 Å². The normalized spacial score (nSPS) is 12.7. The summed E-state index contributed by atoms with van der Waals surface area (Å²) >= 11 is 0. The van der Waals surface area contributed by atoms with Crippen LogP contribution in [0.25, 0.3) is 0 Å². The summed E-state index contributed by atoms with van der Waals surface area (Å²) in [7, 11) is 1.54. The molecule has 8 nitrogen and oxygen atoms in total. The lowest BCUT2D eigenvalue weighted by Gasteiger charge is -2.12. The van der Waals surface area contributed by atoms with Gasteiger partial charge in [-0.25, -0.2) is 4.79 Å². The molecule has 0 unspecified atom stereocenters. The van der Waals surface area contributed by atoms with Gasteiger partial charge in [0.15, 0.2) is 6.61 Å². The second-order valence-corrected chi connectivity index (χ2v) is 6.86. The van der Waals surface area contributed by atoms with Crippen molar-refractivity contribution in [1.29, 1.82) is 0 Å². The molecule has 2 aromatic carbocycles. The van der Waals surface area contributed by atoms with E-state index in [-0.39, 0.29) is 23.2 Å². The van der Waals surface area contributed by atoms with Crippen molar-refractivity contribution in [3.05, 3.63) is 64.7 Å². The molecule has 0 aromatic heterocycles. The standard InChI is InChI=1S/C22H22N2O6/c1-14-5-3-6-16(11-14)23-19(25)13-30-22(28)15-7-8-17-18(12-15)21(27)24(20(17)26)9-4-10-29-2/h3,5-8,11-12H,4,9-10,13H2,1-2H3,(H,23,25). The zero-order chi connectivity index (χ0) is 21.7. The van der Waals surface area contributed by atoms with Gasteiger partial charge in [-0.1, -0.05) is 12.1 Å². The van der Waals surface area contributed by atoms with Gasteiger partial charge in [0, 0.05) is 25.9 Å². The van der Waals surface area contributed by atoms with Crippen LogP contribution in [0.5, 0.6) is 0 Å². The third kappa shape index (κ3) is 4.72. The van der Waals surface area contributed by atoms with Crippen LogP contribution < -0.4 is 5.32 Å². The van der Waals surface area contributed by atoms with Crippen molar-refractivity contribution in [1.82, 2.24) is 4.90 Å². The molecule has 1 heterocycles. The molecule has 0 fully saturated rings. The van der Waals surface area contributed by atoms with Gasteiger partial charge in [0.2, 0.25) is 0 Å². The number of rotatable bonds is 8. The van der Waals surface area contributed by atoms with Gasteiger partial charge in [-0.15, -0.1) is 0 Å². The molecule has 30 heavy (non-hydrogen) atoms. The first-order valence-corrected chi connectivity index (χ1v) is 9.43. The van der Waals surface area contributed by atoms with Gasteiger partial charge in [-0.3, -0.25) is 19.3 Å². The summed E-state index contributed by atoms with van der Waals surface area (Å²) in [6, 6.07) is 11.4. The molecule has 1 aliphatic heterocycles. The molecule has 3 rings (SSSR count). The maximum absolute atomic E-state index is 12.5. The molecule has 8 heteroatoms. The van der Waals surface area contributed by atoms with E-state index in [1.165, 1.54) is 18.2 Å². The molecule has 1 aliphatic rings. The number of benzene rings is 2. The number of methoxy groups -OCH3 is 1. The van der Waals surface area contributed by atoms with Gasteiger partial charge in [0.05, 0.1) is 16.7 Å². The smallest absolute Gasteiger partial charge is 0.338 e. The minimum absolute atomic E-state index is 0.0944. The molecule has 0 atom stereocenters. The number of anilines is 1. The van der Waals surface area contributed by atoms with Crippen LogP contribution in [0.1, 0.15) is 43.1 Å². The Balaban J connectivity index is 1.61. The Morgan fingerprint density at radius 3 is 2.53 bits per heavy atom. The number of carbonyl (C=O) groups is 4. The molecule has 0 radical (unpaired) electrons. The summed E-state index contributed by atoms with van der Waals surface area (Å²) in [4.78, 5) is 50.4. The van der Waals surface area contributed by atoms with Crippen molar-refractivity contribution in [2.75, 3.05) is 32.2 Å². The van der Waals surface area contributed by atoms with Crippen LogP contribution in [0.15, 0.2) is 42.5 Å². The first-order valence-electron chi connectivity index (χ1n) is 9.43. The average molecular weight is 410 g/mol. The minimum Gasteiger partial charge on any atom is -0.452 e. The summed E-state index contributed by atoms with van der Waals surface area (Å²) in [5.41, 5.74) is 2.07. The summed E-state index contributed by atoms with van der Waals surface area (Å²) in [6.07, 6.45) is 0.521. The molecule has 1 N–H and O–H groups in total. The van der Waals surface area contributed by atoms with E-state index in [0.717, 1.165) is 10.5 Å². The van der Waals surface area contributed by atoms with Crippen LogP contribution in [0.2, 0.25) is 0 Å². The van der Waals surface area contributed by atoms with Crippen molar-refractivity contribution in [3.63, 3.8) is 0 Å². The van der Waals surface area contributed by atoms with Gasteiger partial charge >= 0.3 is 5.97 Å². The summed E-state index contributed by atoms with van der Waals surface area (Å²) < 4.78 is 9.99. The molecule has 0 saturated heterocycles. The van der Waals surface area contributed by atoms with Crippen LogP contribution in [0.4, 0.5) is 5.69 Å². The van der Waals surface area contributed by atoms with Crippen molar-refractivity contribution in [2.45, 2.75) is 13.3 Å². The Kier molecular flexibility index (Phi) is 6.58. The highest BCUT2D eigenvalue weighted by Crippen LogP contribution is 2.24. The second kappa shape index (κ2) is 9.32. The van der Waals surface area contributed by atoms with Gasteiger partial charge in [-0.2, -0.15) is 0 Å². The molecule has 2 aromatic rings. The fourth-order valence-electron chi connectivity index (χ4n) is 3.12. The fraction of sp³-hybridized carbons (Fsp3) is 0.273. The highest BCUT2D eigenvalue weighted by Gasteiger charge is 2.35. The summed E-state index contributed by atoms with van der Waals surface area (Å²) in [5, 5.41) is 2.64. The zero-order valence-electron chi connectivity index (χ0n) is 16.8. The number of hydrogen-bond donors (Lipinski definition) is 1. The number of nitrogens with one attached hydrogen (secondary N) is 1. The lowest BCUT2D eigenvalue weighted by molar-refractivity contribution is -0.119. The van der Waals surface area contributed by atoms with E-state index in [9.17, 15) is 19.2 Å². The van der Waals surface area contributed by atoms with Crippen molar-refractivity contribution >= 4 is 29.4 Å². The fourth-order valence-corrected chi connectivity index (χ4v) is 3.12. The van der Waals surface area contributed by atoms with E-state index >= 15 is 0 Å². The van der Waals surface area contributed by atoms with Crippen LogP contribution in [-0.4, -0.2) is 55.5 Å². The van der Waals surface area contributed by atoms with E-state index in [1.54, 1.807) is 25.3 Å². The molecule has 3 amide bonds. The lowest BCUT2D eigenvalue weighted by Crippen LogP contribution is -2.31. The molecule has 0 spiro atoms. The first kappa shape index (κ1) is 21.2. The van der Waals surface area contributed by atoms with Crippen LogP contribution in [-0.2, 0) is 14.3 Å². The lowest BCUT2D eigenvalue weighted by atomic mass is 10.1. The van der Waals surface area contributed by atoms with Crippen molar-refractivity contribution < 1.29 is 28.7 Å². The number of amides is 3. The van der Waals surface area contributed by atoms with E-state index in [2.05, 4.69) is 5.32 Å². The third-order valence-corrected chi connectivity index (χ3v) is 4.57. The molecular formula is C22H22N2O6. The maximum atomic E-state index is 12.5. The van der Waals surface area contributed by atoms with Crippen LogP contribution in [0, 0.1) is 6.92 Å². The number of nitrogens with zero attached hydrogens (tertiary/aromatic N) is 1. The largest absolute Gasteiger partial charge is 0.452 e. The number of carbonyl (C=O) groups excluding carboxylic acids is 4. The van der Waals surface area contributed by atoms with Crippen LogP contribution in [0.3, 0.4) is 0 Å². The topological polar surface area (TPSA) is 102 Å². The number of esters is 1. The Morgan fingerprint density at radius 1 is 1.03 bits per heavy atom. The van der Waals surface area contributed by atoms with Crippen molar-refractivity contribution in [3.8, 4) is 0 Å². The maximum Gasteiger partial charge on any atom is 0.338 e. The summed E-state index contributed by atoms with van der Waals surface area (Å²) in [6.45, 7) is 2.09. The Bertz CT molecular complexity index is 1000. The first-order chi connectivity index (χ1) is 14.4. The highest BCUT2D eigenvalue weighted by atomic mass is 16.5. The predicted molar refractivity (Wildman–Crippen MR) is 108 cm³/mol. The minimum atomic E-state index is -0.754. The molecule has 0 saturated carbocycles. The summed E-state index contributed by atoms with van der Waals surface area (Å²) in [5.74, 6) is -2.09. The molecule has 0 aliphatic carbocycles.